The minimum absolute atomic E-state index is 0.0247. The van der Waals surface area contributed by atoms with E-state index >= 15 is 0 Å². The average Bonchev–Trinajstić information content (AvgIpc) is 3.07. The number of ether oxygens (including phenoxy) is 1. The Morgan fingerprint density at radius 1 is 1.24 bits per heavy atom. The van der Waals surface area contributed by atoms with Crippen molar-refractivity contribution in [3.63, 3.8) is 0 Å². The predicted molar refractivity (Wildman–Crippen MR) is 78.0 cm³/mol. The Morgan fingerprint density at radius 2 is 2.00 bits per heavy atom. The number of nitrogens with one attached hydrogen (secondary N) is 1. The largest absolute Gasteiger partial charge is 0.465 e. The van der Waals surface area contributed by atoms with Crippen LogP contribution in [0.25, 0.3) is 0 Å². The first-order valence-electron chi connectivity index (χ1n) is 7.49. The quantitative estimate of drug-likeness (QED) is 0.919. The van der Waals surface area contributed by atoms with E-state index < -0.39 is 10.2 Å². The van der Waals surface area contributed by atoms with Crippen molar-refractivity contribution in [3.8, 4) is 0 Å². The highest BCUT2D eigenvalue weighted by molar-refractivity contribution is 7.87. The van der Waals surface area contributed by atoms with Crippen LogP contribution in [-0.2, 0) is 14.9 Å². The molecule has 3 rings (SSSR count). The number of hydrogen-bond donors (Lipinski definition) is 1. The third kappa shape index (κ3) is 3.31. The molecular formula is C14H22N2O4S. The SMILES string of the molecule is Cc1ccc([C@H]2CCCN2S(=O)(=O)NC2CCOCC2)o1. The summed E-state index contributed by atoms with van der Waals surface area (Å²) in [6.45, 7) is 3.66. The maximum absolute atomic E-state index is 12.6. The Kier molecular flexibility index (Phi) is 4.35. The van der Waals surface area contributed by atoms with Crippen LogP contribution in [0.5, 0.6) is 0 Å². The third-order valence-electron chi connectivity index (χ3n) is 4.14. The predicted octanol–water partition coefficient (Wildman–Crippen LogP) is 1.74. The highest BCUT2D eigenvalue weighted by atomic mass is 32.2. The van der Waals surface area contributed by atoms with Crippen molar-refractivity contribution in [2.75, 3.05) is 19.8 Å². The summed E-state index contributed by atoms with van der Waals surface area (Å²) >= 11 is 0. The minimum Gasteiger partial charge on any atom is -0.465 e. The van der Waals surface area contributed by atoms with Gasteiger partial charge in [-0.1, -0.05) is 0 Å². The Morgan fingerprint density at radius 3 is 2.67 bits per heavy atom. The van der Waals surface area contributed by atoms with Gasteiger partial charge in [-0.3, -0.25) is 0 Å². The van der Waals surface area contributed by atoms with Crippen LogP contribution < -0.4 is 4.72 Å². The highest BCUT2D eigenvalue weighted by Gasteiger charge is 2.38. The Bertz CT molecular complexity index is 578. The van der Waals surface area contributed by atoms with Gasteiger partial charge in [0.2, 0.25) is 0 Å². The van der Waals surface area contributed by atoms with Crippen LogP contribution in [0, 0.1) is 6.92 Å². The fourth-order valence-corrected chi connectivity index (χ4v) is 4.74. The first kappa shape index (κ1) is 15.0. The van der Waals surface area contributed by atoms with E-state index in [9.17, 15) is 8.42 Å². The maximum Gasteiger partial charge on any atom is 0.280 e. The fraction of sp³-hybridized carbons (Fsp3) is 0.714. The molecule has 118 valence electrons. The lowest BCUT2D eigenvalue weighted by Gasteiger charge is -2.28. The van der Waals surface area contributed by atoms with Crippen molar-refractivity contribution in [3.05, 3.63) is 23.7 Å². The standard InChI is InChI=1S/C14H22N2O4S/c1-11-4-5-14(20-11)13-3-2-8-16(13)21(17,18)15-12-6-9-19-10-7-12/h4-5,12-13,15H,2-3,6-10H2,1H3/t13-/m1/s1. The van der Waals surface area contributed by atoms with Crippen LogP contribution in [0.2, 0.25) is 0 Å². The number of nitrogens with zero attached hydrogens (tertiary/aromatic N) is 1. The van der Waals surface area contributed by atoms with Crippen molar-refractivity contribution in [2.45, 2.75) is 44.7 Å². The summed E-state index contributed by atoms with van der Waals surface area (Å²) in [5.74, 6) is 1.55. The topological polar surface area (TPSA) is 71.8 Å². The molecule has 2 aliphatic heterocycles. The summed E-state index contributed by atoms with van der Waals surface area (Å²) in [4.78, 5) is 0. The molecule has 1 atom stereocenters. The lowest BCUT2D eigenvalue weighted by Crippen LogP contribution is -2.46. The summed E-state index contributed by atoms with van der Waals surface area (Å²) in [7, 11) is -3.48. The van der Waals surface area contributed by atoms with Gasteiger partial charge in [0.1, 0.15) is 11.5 Å². The van der Waals surface area contributed by atoms with E-state index in [4.69, 9.17) is 9.15 Å². The van der Waals surface area contributed by atoms with Gasteiger partial charge in [-0.25, -0.2) is 0 Å². The van der Waals surface area contributed by atoms with E-state index in [1.54, 1.807) is 4.31 Å². The summed E-state index contributed by atoms with van der Waals surface area (Å²) in [6.07, 6.45) is 3.13. The van der Waals surface area contributed by atoms with Gasteiger partial charge in [0, 0.05) is 25.8 Å². The van der Waals surface area contributed by atoms with E-state index in [0.29, 0.717) is 19.8 Å². The zero-order valence-electron chi connectivity index (χ0n) is 12.2. The van der Waals surface area contributed by atoms with E-state index in [2.05, 4.69) is 4.72 Å². The monoisotopic (exact) mass is 314 g/mol. The second-order valence-corrected chi connectivity index (χ2v) is 7.38. The molecule has 7 heteroatoms. The molecule has 0 saturated carbocycles. The first-order chi connectivity index (χ1) is 10.1. The smallest absolute Gasteiger partial charge is 0.280 e. The molecule has 0 spiro atoms. The maximum atomic E-state index is 12.6. The van der Waals surface area contributed by atoms with Gasteiger partial charge < -0.3 is 9.15 Å². The molecular weight excluding hydrogens is 292 g/mol. The Balaban J connectivity index is 1.74. The van der Waals surface area contributed by atoms with Gasteiger partial charge in [0.25, 0.3) is 10.2 Å². The van der Waals surface area contributed by atoms with Crippen LogP contribution in [0.15, 0.2) is 16.5 Å². The van der Waals surface area contributed by atoms with Crippen LogP contribution in [0.3, 0.4) is 0 Å². The lowest BCUT2D eigenvalue weighted by molar-refractivity contribution is 0.0827. The summed E-state index contributed by atoms with van der Waals surface area (Å²) < 4.78 is 40.5. The van der Waals surface area contributed by atoms with Crippen molar-refractivity contribution < 1.29 is 17.6 Å². The van der Waals surface area contributed by atoms with Gasteiger partial charge in [-0.05, 0) is 44.7 Å². The molecule has 2 fully saturated rings. The molecule has 1 N–H and O–H groups in total. The van der Waals surface area contributed by atoms with Gasteiger partial charge in [-0.15, -0.1) is 0 Å². The fourth-order valence-electron chi connectivity index (χ4n) is 3.04. The highest BCUT2D eigenvalue weighted by Crippen LogP contribution is 2.34. The van der Waals surface area contributed by atoms with Gasteiger partial charge >= 0.3 is 0 Å². The molecule has 1 aromatic rings. The summed E-state index contributed by atoms with van der Waals surface area (Å²) in [5.41, 5.74) is 0. The van der Waals surface area contributed by atoms with Crippen LogP contribution >= 0.6 is 0 Å². The zero-order valence-corrected chi connectivity index (χ0v) is 13.1. The van der Waals surface area contributed by atoms with Gasteiger partial charge in [-0.2, -0.15) is 17.4 Å². The molecule has 0 amide bonds. The van der Waals surface area contributed by atoms with E-state index in [-0.39, 0.29) is 12.1 Å². The minimum atomic E-state index is -3.48. The average molecular weight is 314 g/mol. The molecule has 21 heavy (non-hydrogen) atoms. The number of hydrogen-bond acceptors (Lipinski definition) is 4. The van der Waals surface area contributed by atoms with E-state index in [0.717, 1.165) is 37.2 Å². The first-order valence-corrected chi connectivity index (χ1v) is 8.93. The zero-order chi connectivity index (χ0) is 14.9. The number of aryl methyl sites for hydroxylation is 1. The van der Waals surface area contributed by atoms with Crippen molar-refractivity contribution in [1.82, 2.24) is 9.03 Å². The van der Waals surface area contributed by atoms with Crippen molar-refractivity contribution in [2.24, 2.45) is 0 Å². The molecule has 1 aromatic heterocycles. The molecule has 0 aliphatic carbocycles. The van der Waals surface area contributed by atoms with Crippen LogP contribution in [0.1, 0.15) is 43.2 Å². The Labute approximate surface area is 125 Å². The lowest BCUT2D eigenvalue weighted by atomic mass is 10.1. The van der Waals surface area contributed by atoms with Gasteiger partial charge in [0.15, 0.2) is 0 Å². The number of furan rings is 1. The molecule has 0 bridgehead atoms. The van der Waals surface area contributed by atoms with Gasteiger partial charge in [0.05, 0.1) is 6.04 Å². The summed E-state index contributed by atoms with van der Waals surface area (Å²) in [6, 6.07) is 3.55. The van der Waals surface area contributed by atoms with E-state index in [1.807, 2.05) is 19.1 Å². The van der Waals surface area contributed by atoms with Crippen LogP contribution in [0.4, 0.5) is 0 Å². The molecule has 6 nitrogen and oxygen atoms in total. The molecule has 2 aliphatic rings. The molecule has 0 radical (unpaired) electrons. The normalized spacial score (nSPS) is 25.5. The van der Waals surface area contributed by atoms with Crippen LogP contribution in [-0.4, -0.2) is 38.5 Å². The summed E-state index contributed by atoms with van der Waals surface area (Å²) in [5, 5.41) is 0. The number of rotatable bonds is 4. The van der Waals surface area contributed by atoms with Crippen molar-refractivity contribution in [1.29, 1.82) is 0 Å². The molecule has 0 unspecified atom stereocenters. The van der Waals surface area contributed by atoms with Crippen molar-refractivity contribution >= 4 is 10.2 Å². The Hall–Kier alpha value is -0.890. The van der Waals surface area contributed by atoms with E-state index in [1.165, 1.54) is 0 Å². The molecule has 2 saturated heterocycles. The second kappa shape index (κ2) is 6.08. The molecule has 3 heterocycles. The molecule has 0 aromatic carbocycles. The third-order valence-corrected chi connectivity index (χ3v) is 5.82. The second-order valence-electron chi connectivity index (χ2n) is 5.73.